The lowest BCUT2D eigenvalue weighted by molar-refractivity contribution is 0.111. The number of hydrogen-bond acceptors (Lipinski definition) is 9. The molecular formula is C24H17Cl2N7O3. The van der Waals surface area contributed by atoms with E-state index in [4.69, 9.17) is 37.2 Å². The predicted octanol–water partition coefficient (Wildman–Crippen LogP) is 5.33. The van der Waals surface area contributed by atoms with Gasteiger partial charge in [0.2, 0.25) is 5.82 Å². The standard InChI is InChI=1S/C24H17Cl2N7O3/c1-33-23(28-31-32-33)22(15-6-3-2-4-7-15)30-34-14-21-27-29-24(36-21)19-13-17(26)10-11-20(19)35-18-9-5-8-16(25)12-18/h2-13H,14H2,1H3/b30-22-. The van der Waals surface area contributed by atoms with Gasteiger partial charge in [0.1, 0.15) is 11.5 Å². The molecule has 0 amide bonds. The molecule has 180 valence electrons. The van der Waals surface area contributed by atoms with Gasteiger partial charge in [-0.3, -0.25) is 0 Å². The fourth-order valence-corrected chi connectivity index (χ4v) is 3.59. The molecule has 0 aliphatic heterocycles. The smallest absolute Gasteiger partial charge is 0.257 e. The molecule has 10 nitrogen and oxygen atoms in total. The van der Waals surface area contributed by atoms with Crippen LogP contribution in [0.25, 0.3) is 11.5 Å². The fraction of sp³-hybridized carbons (Fsp3) is 0.0833. The second-order valence-corrected chi connectivity index (χ2v) is 8.28. The summed E-state index contributed by atoms with van der Waals surface area (Å²) >= 11 is 12.3. The summed E-state index contributed by atoms with van der Waals surface area (Å²) in [6.45, 7) is -0.0837. The zero-order chi connectivity index (χ0) is 24.9. The van der Waals surface area contributed by atoms with Crippen LogP contribution in [0.1, 0.15) is 17.3 Å². The highest BCUT2D eigenvalue weighted by Crippen LogP contribution is 2.35. The van der Waals surface area contributed by atoms with Crippen molar-refractivity contribution in [3.8, 4) is 23.0 Å². The van der Waals surface area contributed by atoms with E-state index in [-0.39, 0.29) is 18.4 Å². The van der Waals surface area contributed by atoms with Crippen molar-refractivity contribution in [2.24, 2.45) is 12.2 Å². The van der Waals surface area contributed by atoms with Gasteiger partial charge in [0.25, 0.3) is 11.8 Å². The topological polar surface area (TPSA) is 113 Å². The number of aryl methyl sites for hydroxylation is 1. The molecule has 36 heavy (non-hydrogen) atoms. The van der Waals surface area contributed by atoms with Gasteiger partial charge >= 0.3 is 0 Å². The van der Waals surface area contributed by atoms with Gasteiger partial charge in [0.05, 0.1) is 5.56 Å². The van der Waals surface area contributed by atoms with Gasteiger partial charge in [-0.15, -0.1) is 15.3 Å². The first-order valence-corrected chi connectivity index (χ1v) is 11.4. The normalized spacial score (nSPS) is 11.5. The Labute approximate surface area is 215 Å². The Morgan fingerprint density at radius 2 is 1.78 bits per heavy atom. The molecule has 0 aliphatic rings. The molecule has 12 heteroatoms. The molecule has 0 unspecified atom stereocenters. The van der Waals surface area contributed by atoms with Crippen molar-refractivity contribution in [1.29, 1.82) is 0 Å². The summed E-state index contributed by atoms with van der Waals surface area (Å²) in [6, 6.07) is 21.5. The van der Waals surface area contributed by atoms with E-state index < -0.39 is 0 Å². The van der Waals surface area contributed by atoms with Gasteiger partial charge in [-0.1, -0.05) is 64.8 Å². The molecule has 0 N–H and O–H groups in total. The summed E-state index contributed by atoms with van der Waals surface area (Å²) in [5.41, 5.74) is 1.75. The number of oxime groups is 1. The average molecular weight is 522 g/mol. The lowest BCUT2D eigenvalue weighted by Gasteiger charge is -2.09. The van der Waals surface area contributed by atoms with Crippen molar-refractivity contribution in [2.45, 2.75) is 6.61 Å². The Balaban J connectivity index is 1.37. The van der Waals surface area contributed by atoms with Crippen LogP contribution in [0.3, 0.4) is 0 Å². The SMILES string of the molecule is Cn1nnnc1/C(=N\OCc1nnc(-c2cc(Cl)ccc2Oc2cccc(Cl)c2)o1)c1ccccc1. The molecule has 0 aliphatic carbocycles. The molecule has 0 fully saturated rings. The maximum absolute atomic E-state index is 6.21. The summed E-state index contributed by atoms with van der Waals surface area (Å²) in [5.74, 6) is 1.87. The van der Waals surface area contributed by atoms with E-state index in [0.29, 0.717) is 38.6 Å². The number of tetrazole rings is 1. The monoisotopic (exact) mass is 521 g/mol. The second kappa shape index (κ2) is 10.5. The third kappa shape index (κ3) is 5.35. The minimum Gasteiger partial charge on any atom is -0.456 e. The van der Waals surface area contributed by atoms with Crippen LogP contribution in [0.5, 0.6) is 11.5 Å². The van der Waals surface area contributed by atoms with Crippen LogP contribution in [0.2, 0.25) is 10.0 Å². The number of aromatic nitrogens is 6. The molecule has 0 bridgehead atoms. The van der Waals surface area contributed by atoms with E-state index in [2.05, 4.69) is 30.9 Å². The van der Waals surface area contributed by atoms with Crippen molar-refractivity contribution in [3.05, 3.63) is 100 Å². The minimum absolute atomic E-state index is 0.0837. The zero-order valence-electron chi connectivity index (χ0n) is 18.7. The van der Waals surface area contributed by atoms with Crippen LogP contribution in [-0.2, 0) is 18.5 Å². The molecule has 3 aromatic carbocycles. The lowest BCUT2D eigenvalue weighted by atomic mass is 10.1. The van der Waals surface area contributed by atoms with Crippen molar-refractivity contribution in [2.75, 3.05) is 0 Å². The lowest BCUT2D eigenvalue weighted by Crippen LogP contribution is -2.12. The molecule has 0 spiro atoms. The zero-order valence-corrected chi connectivity index (χ0v) is 20.3. The Morgan fingerprint density at radius 1 is 0.944 bits per heavy atom. The summed E-state index contributed by atoms with van der Waals surface area (Å²) in [5, 5.41) is 25.0. The first-order valence-electron chi connectivity index (χ1n) is 10.6. The molecule has 0 radical (unpaired) electrons. The van der Waals surface area contributed by atoms with Gasteiger partial charge in [-0.25, -0.2) is 4.68 Å². The first-order chi connectivity index (χ1) is 17.6. The molecule has 5 rings (SSSR count). The maximum Gasteiger partial charge on any atom is 0.257 e. The van der Waals surface area contributed by atoms with E-state index >= 15 is 0 Å². The maximum atomic E-state index is 6.21. The van der Waals surface area contributed by atoms with Crippen molar-refractivity contribution in [1.82, 2.24) is 30.4 Å². The molecule has 2 heterocycles. The number of rotatable bonds is 8. The predicted molar refractivity (Wildman–Crippen MR) is 132 cm³/mol. The van der Waals surface area contributed by atoms with Crippen LogP contribution >= 0.6 is 23.2 Å². The van der Waals surface area contributed by atoms with Gasteiger partial charge in [0.15, 0.2) is 12.3 Å². The highest BCUT2D eigenvalue weighted by atomic mass is 35.5. The average Bonchev–Trinajstić information content (AvgIpc) is 3.53. The summed E-state index contributed by atoms with van der Waals surface area (Å²) in [6.07, 6.45) is 0. The van der Waals surface area contributed by atoms with Crippen molar-refractivity contribution >= 4 is 28.9 Å². The third-order valence-electron chi connectivity index (χ3n) is 4.89. The third-order valence-corrected chi connectivity index (χ3v) is 5.36. The molecule has 5 aromatic rings. The number of nitrogens with zero attached hydrogens (tertiary/aromatic N) is 7. The molecule has 0 saturated heterocycles. The Bertz CT molecular complexity index is 1520. The van der Waals surface area contributed by atoms with E-state index in [0.717, 1.165) is 5.56 Å². The van der Waals surface area contributed by atoms with Crippen LogP contribution in [0, 0.1) is 0 Å². The minimum atomic E-state index is -0.0837. The number of benzene rings is 3. The van der Waals surface area contributed by atoms with Crippen LogP contribution in [0.4, 0.5) is 0 Å². The molecular weight excluding hydrogens is 505 g/mol. The van der Waals surface area contributed by atoms with Crippen molar-refractivity contribution < 1.29 is 14.0 Å². The van der Waals surface area contributed by atoms with Gasteiger partial charge in [-0.05, 0) is 46.8 Å². The summed E-state index contributed by atoms with van der Waals surface area (Å²) in [7, 11) is 1.71. The highest BCUT2D eigenvalue weighted by Gasteiger charge is 2.18. The van der Waals surface area contributed by atoms with Gasteiger partial charge in [0, 0.05) is 22.7 Å². The molecule has 0 atom stereocenters. The number of hydrogen-bond donors (Lipinski definition) is 0. The van der Waals surface area contributed by atoms with Crippen LogP contribution in [0.15, 0.2) is 82.4 Å². The quantitative estimate of drug-likeness (QED) is 0.199. The summed E-state index contributed by atoms with van der Waals surface area (Å²) in [4.78, 5) is 5.54. The van der Waals surface area contributed by atoms with E-state index in [1.807, 2.05) is 30.3 Å². The van der Waals surface area contributed by atoms with Crippen LogP contribution < -0.4 is 4.74 Å². The number of ether oxygens (including phenoxy) is 1. The number of halogens is 2. The van der Waals surface area contributed by atoms with E-state index in [1.54, 1.807) is 49.5 Å². The Kier molecular flexibility index (Phi) is 6.87. The molecule has 0 saturated carbocycles. The summed E-state index contributed by atoms with van der Waals surface area (Å²) < 4.78 is 13.3. The van der Waals surface area contributed by atoms with E-state index in [1.165, 1.54) is 4.68 Å². The largest absolute Gasteiger partial charge is 0.456 e. The van der Waals surface area contributed by atoms with E-state index in [9.17, 15) is 0 Å². The Morgan fingerprint density at radius 3 is 2.56 bits per heavy atom. The first kappa shape index (κ1) is 23.5. The van der Waals surface area contributed by atoms with Gasteiger partial charge < -0.3 is 14.0 Å². The fourth-order valence-electron chi connectivity index (χ4n) is 3.24. The van der Waals surface area contributed by atoms with Gasteiger partial charge in [-0.2, -0.15) is 0 Å². The highest BCUT2D eigenvalue weighted by molar-refractivity contribution is 6.31. The Hall–Kier alpha value is -4.28. The van der Waals surface area contributed by atoms with Crippen molar-refractivity contribution in [3.63, 3.8) is 0 Å². The van der Waals surface area contributed by atoms with Crippen LogP contribution in [-0.4, -0.2) is 36.1 Å². The second-order valence-electron chi connectivity index (χ2n) is 7.41. The molecule has 2 aromatic heterocycles.